The zero-order valence-electron chi connectivity index (χ0n) is 13.1. The van der Waals surface area contributed by atoms with E-state index in [1.165, 1.54) is 0 Å². The molecule has 5 nitrogen and oxygen atoms in total. The number of benzene rings is 2. The fraction of sp³-hybridized carbons (Fsp3) is 0.0588. The van der Waals surface area contributed by atoms with Crippen molar-refractivity contribution in [1.29, 1.82) is 0 Å². The molecule has 8 heteroatoms. The molecule has 0 aliphatic rings. The molecular formula is C17H13Cl3N4O. The van der Waals surface area contributed by atoms with Gasteiger partial charge in [0.2, 0.25) is 5.95 Å². The molecular weight excluding hydrogens is 383 g/mol. The molecule has 128 valence electrons. The Morgan fingerprint density at radius 2 is 1.80 bits per heavy atom. The molecule has 3 aromatic rings. The quantitative estimate of drug-likeness (QED) is 0.560. The lowest BCUT2D eigenvalue weighted by molar-refractivity contribution is 0.417. The summed E-state index contributed by atoms with van der Waals surface area (Å²) in [6, 6.07) is 12.3. The van der Waals surface area contributed by atoms with Gasteiger partial charge in [-0.3, -0.25) is 0 Å². The summed E-state index contributed by atoms with van der Waals surface area (Å²) in [7, 11) is 1.59. The van der Waals surface area contributed by atoms with Crippen LogP contribution in [0, 0.1) is 0 Å². The Balaban J connectivity index is 1.85. The van der Waals surface area contributed by atoms with E-state index in [0.717, 1.165) is 0 Å². The molecule has 0 spiro atoms. The van der Waals surface area contributed by atoms with Crippen molar-refractivity contribution >= 4 is 57.9 Å². The van der Waals surface area contributed by atoms with Gasteiger partial charge in [-0.15, -0.1) is 0 Å². The van der Waals surface area contributed by atoms with Gasteiger partial charge in [-0.25, -0.2) is 4.98 Å². The minimum absolute atomic E-state index is 0.371. The Bertz CT molecular complexity index is 905. The molecule has 0 unspecified atom stereocenters. The maximum absolute atomic E-state index is 6.17. The second-order valence-electron chi connectivity index (χ2n) is 4.96. The van der Waals surface area contributed by atoms with E-state index < -0.39 is 0 Å². The first kappa shape index (κ1) is 17.6. The highest BCUT2D eigenvalue weighted by molar-refractivity contribution is 6.43. The summed E-state index contributed by atoms with van der Waals surface area (Å²) in [4.78, 5) is 8.59. The SMILES string of the molecule is COc1ccc(Cl)cc1Nc1ccnc(Nc2cccc(Cl)c2Cl)n1. The number of methoxy groups -OCH3 is 1. The van der Waals surface area contributed by atoms with Gasteiger partial charge >= 0.3 is 0 Å². The third-order valence-corrected chi connectivity index (χ3v) is 4.33. The fourth-order valence-corrected chi connectivity index (χ4v) is 2.65. The first-order chi connectivity index (χ1) is 12.1. The van der Waals surface area contributed by atoms with Crippen molar-refractivity contribution in [2.45, 2.75) is 0 Å². The van der Waals surface area contributed by atoms with Gasteiger partial charge in [0.1, 0.15) is 11.6 Å². The summed E-state index contributed by atoms with van der Waals surface area (Å²) in [5, 5.41) is 7.64. The van der Waals surface area contributed by atoms with Crippen LogP contribution < -0.4 is 15.4 Å². The third kappa shape index (κ3) is 4.25. The van der Waals surface area contributed by atoms with Crippen molar-refractivity contribution in [3.05, 3.63) is 63.7 Å². The van der Waals surface area contributed by atoms with Crippen LogP contribution in [-0.4, -0.2) is 17.1 Å². The van der Waals surface area contributed by atoms with Gasteiger partial charge in [0, 0.05) is 11.2 Å². The molecule has 25 heavy (non-hydrogen) atoms. The summed E-state index contributed by atoms with van der Waals surface area (Å²) < 4.78 is 5.32. The molecule has 0 radical (unpaired) electrons. The lowest BCUT2D eigenvalue weighted by Gasteiger charge is -2.12. The van der Waals surface area contributed by atoms with E-state index >= 15 is 0 Å². The van der Waals surface area contributed by atoms with Gasteiger partial charge in [0.15, 0.2) is 0 Å². The highest BCUT2D eigenvalue weighted by atomic mass is 35.5. The Morgan fingerprint density at radius 1 is 0.960 bits per heavy atom. The molecule has 0 aliphatic heterocycles. The molecule has 0 aliphatic carbocycles. The maximum atomic E-state index is 6.17. The second-order valence-corrected chi connectivity index (χ2v) is 6.18. The largest absolute Gasteiger partial charge is 0.495 e. The molecule has 1 heterocycles. The first-order valence-electron chi connectivity index (χ1n) is 7.21. The predicted octanol–water partition coefficient (Wildman–Crippen LogP) is 5.93. The molecule has 2 N–H and O–H groups in total. The van der Waals surface area contributed by atoms with E-state index in [2.05, 4.69) is 20.6 Å². The van der Waals surface area contributed by atoms with Crippen LogP contribution in [0.3, 0.4) is 0 Å². The van der Waals surface area contributed by atoms with Gasteiger partial charge < -0.3 is 15.4 Å². The highest BCUT2D eigenvalue weighted by Crippen LogP contribution is 2.32. The van der Waals surface area contributed by atoms with Gasteiger partial charge in [-0.1, -0.05) is 40.9 Å². The average Bonchev–Trinajstić information content (AvgIpc) is 2.60. The maximum Gasteiger partial charge on any atom is 0.229 e. The Kier molecular flexibility index (Phi) is 5.48. The predicted molar refractivity (Wildman–Crippen MR) is 103 cm³/mol. The zero-order chi connectivity index (χ0) is 17.8. The number of nitrogens with zero attached hydrogens (tertiary/aromatic N) is 2. The van der Waals surface area contributed by atoms with Crippen molar-refractivity contribution in [3.8, 4) is 5.75 Å². The Hall–Kier alpha value is -2.21. The highest BCUT2D eigenvalue weighted by Gasteiger charge is 2.08. The summed E-state index contributed by atoms with van der Waals surface area (Å²) in [5.74, 6) is 1.58. The summed E-state index contributed by atoms with van der Waals surface area (Å²) in [6.07, 6.45) is 1.62. The van der Waals surface area contributed by atoms with Crippen LogP contribution in [0.4, 0.5) is 23.1 Å². The summed E-state index contributed by atoms with van der Waals surface area (Å²) in [5.41, 5.74) is 1.31. The van der Waals surface area contributed by atoms with Crippen molar-refractivity contribution in [2.75, 3.05) is 17.7 Å². The summed E-state index contributed by atoms with van der Waals surface area (Å²) >= 11 is 18.2. The zero-order valence-corrected chi connectivity index (χ0v) is 15.3. The minimum atomic E-state index is 0.371. The lowest BCUT2D eigenvalue weighted by atomic mass is 10.3. The van der Waals surface area contributed by atoms with E-state index in [0.29, 0.717) is 44.0 Å². The number of nitrogens with one attached hydrogen (secondary N) is 2. The monoisotopic (exact) mass is 394 g/mol. The summed E-state index contributed by atoms with van der Waals surface area (Å²) in [6.45, 7) is 0. The standard InChI is InChI=1S/C17H13Cl3N4O/c1-25-14-6-5-10(18)9-13(14)22-15-7-8-21-17(24-15)23-12-4-2-3-11(19)16(12)20/h2-9H,1H3,(H2,21,22,23,24). The number of hydrogen-bond acceptors (Lipinski definition) is 5. The smallest absolute Gasteiger partial charge is 0.229 e. The van der Waals surface area contributed by atoms with Gasteiger partial charge in [-0.2, -0.15) is 4.98 Å². The van der Waals surface area contributed by atoms with Crippen molar-refractivity contribution < 1.29 is 4.74 Å². The number of aromatic nitrogens is 2. The number of rotatable bonds is 5. The molecule has 0 fully saturated rings. The van der Waals surface area contributed by atoms with Gasteiger partial charge in [0.25, 0.3) is 0 Å². The molecule has 0 saturated heterocycles. The van der Waals surface area contributed by atoms with Crippen LogP contribution >= 0.6 is 34.8 Å². The number of halogens is 3. The molecule has 0 saturated carbocycles. The molecule has 0 bridgehead atoms. The van der Waals surface area contributed by atoms with Gasteiger partial charge in [-0.05, 0) is 36.4 Å². The van der Waals surface area contributed by atoms with Crippen LogP contribution in [-0.2, 0) is 0 Å². The van der Waals surface area contributed by atoms with Crippen molar-refractivity contribution in [1.82, 2.24) is 9.97 Å². The average molecular weight is 396 g/mol. The number of hydrogen-bond donors (Lipinski definition) is 2. The van der Waals surface area contributed by atoms with Crippen LogP contribution in [0.15, 0.2) is 48.7 Å². The van der Waals surface area contributed by atoms with Crippen LogP contribution in [0.2, 0.25) is 15.1 Å². The van der Waals surface area contributed by atoms with Crippen molar-refractivity contribution in [3.63, 3.8) is 0 Å². The molecule has 3 rings (SSSR count). The molecule has 2 aromatic carbocycles. The normalized spacial score (nSPS) is 10.4. The first-order valence-corrected chi connectivity index (χ1v) is 8.35. The van der Waals surface area contributed by atoms with Gasteiger partial charge in [0.05, 0.1) is 28.5 Å². The number of ether oxygens (including phenoxy) is 1. The topological polar surface area (TPSA) is 59.1 Å². The minimum Gasteiger partial charge on any atom is -0.495 e. The van der Waals surface area contributed by atoms with Crippen LogP contribution in [0.25, 0.3) is 0 Å². The molecule has 1 aromatic heterocycles. The Labute approximate surface area is 159 Å². The van der Waals surface area contributed by atoms with Crippen LogP contribution in [0.1, 0.15) is 0 Å². The number of anilines is 4. The fourth-order valence-electron chi connectivity index (χ4n) is 2.13. The Morgan fingerprint density at radius 3 is 2.60 bits per heavy atom. The molecule has 0 atom stereocenters. The second kappa shape index (κ2) is 7.78. The van der Waals surface area contributed by atoms with E-state index in [1.54, 1.807) is 55.8 Å². The van der Waals surface area contributed by atoms with E-state index in [9.17, 15) is 0 Å². The van der Waals surface area contributed by atoms with Crippen molar-refractivity contribution in [2.24, 2.45) is 0 Å². The van der Waals surface area contributed by atoms with E-state index in [4.69, 9.17) is 39.5 Å². The molecule has 0 amide bonds. The van der Waals surface area contributed by atoms with E-state index in [-0.39, 0.29) is 0 Å². The van der Waals surface area contributed by atoms with E-state index in [1.807, 2.05) is 0 Å². The lowest BCUT2D eigenvalue weighted by Crippen LogP contribution is -2.01. The third-order valence-electron chi connectivity index (χ3n) is 3.28. The van der Waals surface area contributed by atoms with Crippen LogP contribution in [0.5, 0.6) is 5.75 Å².